The average Bonchev–Trinajstić information content (AvgIpc) is 3.63. The summed E-state index contributed by atoms with van der Waals surface area (Å²) in [6.45, 7) is 5.00. The van der Waals surface area contributed by atoms with Crippen LogP contribution in [0, 0.1) is 18.3 Å². The average molecular weight is 527 g/mol. The highest BCUT2D eigenvalue weighted by Gasteiger charge is 2.51. The summed E-state index contributed by atoms with van der Waals surface area (Å²) in [5.74, 6) is 0.905. The lowest BCUT2D eigenvalue weighted by molar-refractivity contribution is 0.102. The third kappa shape index (κ3) is 4.86. The van der Waals surface area contributed by atoms with E-state index in [2.05, 4.69) is 25.5 Å². The summed E-state index contributed by atoms with van der Waals surface area (Å²) < 4.78 is 32.1. The Bertz CT molecular complexity index is 1310. The number of carbonyl (C=O) groups excluding carboxylic acids is 1. The van der Waals surface area contributed by atoms with E-state index in [0.717, 1.165) is 56.7 Å². The van der Waals surface area contributed by atoms with E-state index in [9.17, 15) is 13.2 Å². The number of amides is 1. The summed E-state index contributed by atoms with van der Waals surface area (Å²) in [5.41, 5.74) is 3.05. The zero-order chi connectivity index (χ0) is 25.6. The van der Waals surface area contributed by atoms with Crippen LogP contribution in [0.15, 0.2) is 24.3 Å². The topological polar surface area (TPSA) is 117 Å². The second-order valence-corrected chi connectivity index (χ2v) is 12.6. The maximum atomic E-state index is 13.6. The quantitative estimate of drug-likeness (QED) is 0.581. The van der Waals surface area contributed by atoms with Crippen molar-refractivity contribution in [3.8, 4) is 0 Å². The van der Waals surface area contributed by atoms with Crippen LogP contribution in [-0.4, -0.2) is 63.0 Å². The van der Waals surface area contributed by atoms with Crippen molar-refractivity contribution in [3.63, 3.8) is 0 Å². The van der Waals surface area contributed by atoms with Crippen molar-refractivity contribution < 1.29 is 17.9 Å². The van der Waals surface area contributed by atoms with Gasteiger partial charge in [-0.2, -0.15) is 4.98 Å². The summed E-state index contributed by atoms with van der Waals surface area (Å²) in [6, 6.07) is 7.09. The molecule has 37 heavy (non-hydrogen) atoms. The van der Waals surface area contributed by atoms with E-state index in [1.807, 2.05) is 13.0 Å². The Kier molecular flexibility index (Phi) is 6.22. The molecule has 1 aromatic heterocycles. The van der Waals surface area contributed by atoms with E-state index in [1.165, 1.54) is 17.1 Å². The maximum Gasteiger partial charge on any atom is 0.259 e. The van der Waals surface area contributed by atoms with Crippen molar-refractivity contribution in [3.05, 3.63) is 35.5 Å². The molecule has 6 rings (SSSR count). The maximum absolute atomic E-state index is 13.6. The molecule has 1 atom stereocenters. The number of anilines is 4. The standard InChI is InChI=1S/C26H34N6O4S/c1-18-14-23-29-24(33)21-6-5-20(32-12-13-36-17-37(32,34)35)15-22(21)31-11-9-26(7-8-26)19(16-31)4-2-3-10-27-25(28-18)30-23/h5-6,14-15,19H,2-4,7-13,16-17H2,1H3,(H2,27,28,29,30,33)/t19-/m1/s1. The first kappa shape index (κ1) is 24.4. The SMILES string of the molecule is Cc1cc2nc(n1)NCCCC[C@@H]1CN(CCC13CC3)c1cc(N3CCOCS3(=O)=O)ccc1C(=O)N2. The van der Waals surface area contributed by atoms with Crippen LogP contribution in [0.2, 0.25) is 0 Å². The summed E-state index contributed by atoms with van der Waals surface area (Å²) in [6.07, 6.45) is 6.94. The first-order valence-electron chi connectivity index (χ1n) is 13.2. The van der Waals surface area contributed by atoms with Crippen LogP contribution in [0.25, 0.3) is 0 Å². The Hall–Kier alpha value is -2.92. The van der Waals surface area contributed by atoms with Crippen molar-refractivity contribution in [1.82, 2.24) is 9.97 Å². The van der Waals surface area contributed by atoms with Gasteiger partial charge in [0.2, 0.25) is 5.95 Å². The zero-order valence-corrected chi connectivity index (χ0v) is 22.0. The van der Waals surface area contributed by atoms with Crippen molar-refractivity contribution in [2.75, 3.05) is 58.6 Å². The third-order valence-electron chi connectivity index (χ3n) is 8.30. The van der Waals surface area contributed by atoms with Crippen LogP contribution in [-0.2, 0) is 14.8 Å². The number of nitrogens with one attached hydrogen (secondary N) is 2. The number of rotatable bonds is 1. The van der Waals surface area contributed by atoms with Crippen LogP contribution >= 0.6 is 0 Å². The number of aromatic nitrogens is 2. The monoisotopic (exact) mass is 526 g/mol. The number of fused-ring (bicyclic) bond motifs is 7. The Balaban J connectivity index is 1.41. The molecular weight excluding hydrogens is 492 g/mol. The lowest BCUT2D eigenvalue weighted by Crippen LogP contribution is -2.43. The van der Waals surface area contributed by atoms with Gasteiger partial charge >= 0.3 is 0 Å². The minimum atomic E-state index is -3.57. The van der Waals surface area contributed by atoms with Gasteiger partial charge in [-0.1, -0.05) is 6.42 Å². The predicted octanol–water partition coefficient (Wildman–Crippen LogP) is 3.36. The molecule has 11 heteroatoms. The lowest BCUT2D eigenvalue weighted by atomic mass is 9.79. The highest BCUT2D eigenvalue weighted by molar-refractivity contribution is 7.92. The van der Waals surface area contributed by atoms with Crippen molar-refractivity contribution >= 4 is 39.1 Å². The second kappa shape index (κ2) is 9.43. The minimum absolute atomic E-state index is 0.259. The number of sulfonamides is 1. The summed E-state index contributed by atoms with van der Waals surface area (Å²) in [7, 11) is -3.57. The van der Waals surface area contributed by atoms with Crippen LogP contribution in [0.5, 0.6) is 0 Å². The number of piperidine rings is 1. The molecule has 1 spiro atoms. The lowest BCUT2D eigenvalue weighted by Gasteiger charge is -2.41. The van der Waals surface area contributed by atoms with Gasteiger partial charge in [-0.3, -0.25) is 9.10 Å². The number of carbonyl (C=O) groups is 1. The van der Waals surface area contributed by atoms with E-state index in [1.54, 1.807) is 18.2 Å². The molecule has 4 bridgehead atoms. The molecule has 1 amide bonds. The molecule has 1 aliphatic carbocycles. The zero-order valence-electron chi connectivity index (χ0n) is 21.2. The Morgan fingerprint density at radius 1 is 1.11 bits per heavy atom. The van der Waals surface area contributed by atoms with Crippen LogP contribution < -0.4 is 19.8 Å². The normalized spacial score (nSPS) is 24.8. The molecule has 198 valence electrons. The Labute approximate surface area is 217 Å². The first-order chi connectivity index (χ1) is 17.8. The molecule has 4 heterocycles. The van der Waals surface area contributed by atoms with Crippen LogP contribution in [0.3, 0.4) is 0 Å². The summed E-state index contributed by atoms with van der Waals surface area (Å²) in [5, 5.41) is 6.27. The number of hydrogen-bond donors (Lipinski definition) is 2. The van der Waals surface area contributed by atoms with Crippen molar-refractivity contribution in [1.29, 1.82) is 0 Å². The van der Waals surface area contributed by atoms with Gasteiger partial charge in [0.1, 0.15) is 5.82 Å². The van der Waals surface area contributed by atoms with Crippen molar-refractivity contribution in [2.45, 2.75) is 45.4 Å². The van der Waals surface area contributed by atoms with Crippen molar-refractivity contribution in [2.24, 2.45) is 11.3 Å². The Morgan fingerprint density at radius 3 is 2.78 bits per heavy atom. The van der Waals surface area contributed by atoms with E-state index < -0.39 is 10.0 Å². The molecule has 2 saturated heterocycles. The smallest absolute Gasteiger partial charge is 0.259 e. The van der Waals surface area contributed by atoms with E-state index >= 15 is 0 Å². The number of nitrogens with zero attached hydrogens (tertiary/aromatic N) is 4. The first-order valence-corrected chi connectivity index (χ1v) is 14.8. The molecule has 1 saturated carbocycles. The van der Waals surface area contributed by atoms with E-state index in [0.29, 0.717) is 41.0 Å². The van der Waals surface area contributed by atoms with Gasteiger partial charge < -0.3 is 20.3 Å². The molecule has 0 unspecified atom stereocenters. The van der Waals surface area contributed by atoms with E-state index in [-0.39, 0.29) is 18.4 Å². The second-order valence-electron chi connectivity index (χ2n) is 10.8. The van der Waals surface area contributed by atoms with Gasteiger partial charge in [0.15, 0.2) is 5.94 Å². The summed E-state index contributed by atoms with van der Waals surface area (Å²) in [4.78, 5) is 24.9. The molecule has 3 aliphatic heterocycles. The molecule has 2 aromatic rings. The largest absolute Gasteiger partial charge is 0.371 e. The third-order valence-corrected chi connectivity index (χ3v) is 9.83. The highest BCUT2D eigenvalue weighted by Crippen LogP contribution is 2.58. The van der Waals surface area contributed by atoms with Gasteiger partial charge in [0.25, 0.3) is 15.9 Å². The van der Waals surface area contributed by atoms with Gasteiger partial charge in [-0.05, 0) is 68.6 Å². The Morgan fingerprint density at radius 2 is 1.97 bits per heavy atom. The fourth-order valence-corrected chi connectivity index (χ4v) is 7.34. The molecule has 2 N–H and O–H groups in total. The van der Waals surface area contributed by atoms with Crippen LogP contribution in [0.4, 0.5) is 23.1 Å². The molecule has 1 aromatic carbocycles. The minimum Gasteiger partial charge on any atom is -0.371 e. The van der Waals surface area contributed by atoms with E-state index in [4.69, 9.17) is 4.74 Å². The predicted molar refractivity (Wildman–Crippen MR) is 143 cm³/mol. The molecular formula is C26H34N6O4S. The van der Waals surface area contributed by atoms with Gasteiger partial charge in [0, 0.05) is 31.4 Å². The van der Waals surface area contributed by atoms with Crippen LogP contribution in [0.1, 0.15) is 54.6 Å². The molecule has 10 nitrogen and oxygen atoms in total. The molecule has 0 radical (unpaired) electrons. The van der Waals surface area contributed by atoms with Gasteiger partial charge in [-0.15, -0.1) is 0 Å². The van der Waals surface area contributed by atoms with Gasteiger partial charge in [-0.25, -0.2) is 13.4 Å². The molecule has 4 aliphatic rings. The summed E-state index contributed by atoms with van der Waals surface area (Å²) >= 11 is 0. The highest BCUT2D eigenvalue weighted by atomic mass is 32.2. The number of aryl methyl sites for hydroxylation is 1. The number of hydrogen-bond acceptors (Lipinski definition) is 8. The molecule has 3 fully saturated rings. The van der Waals surface area contributed by atoms with Gasteiger partial charge in [0.05, 0.1) is 30.1 Å². The fourth-order valence-electron chi connectivity index (χ4n) is 6.09. The number of benzene rings is 1. The fraction of sp³-hybridized carbons (Fsp3) is 0.577. The number of ether oxygens (including phenoxy) is 1.